The van der Waals surface area contributed by atoms with Crippen molar-refractivity contribution in [3.63, 3.8) is 0 Å². The number of aliphatic carboxylic acids is 1. The van der Waals surface area contributed by atoms with Gasteiger partial charge in [0.15, 0.2) is 0 Å². The van der Waals surface area contributed by atoms with Gasteiger partial charge in [-0.1, -0.05) is 23.7 Å². The fourth-order valence-corrected chi connectivity index (χ4v) is 2.42. The van der Waals surface area contributed by atoms with Crippen molar-refractivity contribution in [2.24, 2.45) is 0 Å². The van der Waals surface area contributed by atoms with Crippen LogP contribution in [0.2, 0.25) is 5.02 Å². The fraction of sp³-hybridized carbons (Fsp3) is 0.158. The minimum absolute atomic E-state index is 0.129. The Hall–Kier alpha value is -3.59. The highest BCUT2D eigenvalue weighted by Gasteiger charge is 2.23. The molecule has 0 aliphatic heterocycles. The van der Waals surface area contributed by atoms with E-state index in [-0.39, 0.29) is 6.42 Å². The molecule has 2 aromatic rings. The Morgan fingerprint density at radius 3 is 2.28 bits per heavy atom. The number of benzene rings is 2. The van der Waals surface area contributed by atoms with Crippen LogP contribution in [0, 0.1) is 10.8 Å². The van der Waals surface area contributed by atoms with Crippen molar-refractivity contribution in [3.8, 4) is 5.75 Å². The Bertz CT molecular complexity index is 900. The average Bonchev–Trinajstić information content (AvgIpc) is 2.69. The number of methoxy groups -OCH3 is 1. The predicted octanol–water partition coefficient (Wildman–Crippen LogP) is 3.14. The third-order valence-corrected chi connectivity index (χ3v) is 3.98. The Morgan fingerprint density at radius 2 is 1.72 bits per heavy atom. The zero-order valence-electron chi connectivity index (χ0n) is 15.4. The van der Waals surface area contributed by atoms with E-state index in [0.29, 0.717) is 16.5 Å². The number of carboxylic acids is 1. The minimum atomic E-state index is -1.62. The molecule has 0 saturated carbocycles. The normalized spacial score (nSPS) is 11.1. The molecule has 29 heavy (non-hydrogen) atoms. The van der Waals surface area contributed by atoms with Gasteiger partial charge in [0.25, 0.3) is 0 Å². The molecule has 0 aromatic heterocycles. The van der Waals surface area contributed by atoms with Gasteiger partial charge in [-0.05, 0) is 42.0 Å². The van der Waals surface area contributed by atoms with Crippen molar-refractivity contribution >= 4 is 41.1 Å². The van der Waals surface area contributed by atoms with E-state index in [9.17, 15) is 9.59 Å². The summed E-state index contributed by atoms with van der Waals surface area (Å²) < 4.78 is 9.83. The van der Waals surface area contributed by atoms with Gasteiger partial charge in [0, 0.05) is 17.1 Å². The van der Waals surface area contributed by atoms with Crippen LogP contribution in [-0.2, 0) is 16.0 Å². The molecule has 0 bridgehead atoms. The van der Waals surface area contributed by atoms with Crippen LogP contribution in [0.1, 0.15) is 5.56 Å². The van der Waals surface area contributed by atoms with Crippen LogP contribution < -0.4 is 15.4 Å². The topological polar surface area (TPSA) is 145 Å². The van der Waals surface area contributed by atoms with Crippen LogP contribution in [0.3, 0.4) is 0 Å². The third kappa shape index (κ3) is 6.82. The van der Waals surface area contributed by atoms with Crippen LogP contribution >= 0.6 is 11.6 Å². The van der Waals surface area contributed by atoms with Crippen molar-refractivity contribution in [3.05, 3.63) is 59.1 Å². The molecule has 0 saturated heterocycles. The minimum Gasteiger partial charge on any atom is -0.497 e. The maximum atomic E-state index is 12.3. The van der Waals surface area contributed by atoms with Crippen molar-refractivity contribution in [2.45, 2.75) is 12.5 Å². The van der Waals surface area contributed by atoms with Gasteiger partial charge < -0.3 is 25.2 Å². The molecule has 2 aromatic carbocycles. The predicted molar refractivity (Wildman–Crippen MR) is 108 cm³/mol. The monoisotopic (exact) mass is 418 g/mol. The molecule has 2 amide bonds. The number of hydrogen-bond donors (Lipinski definition) is 5. The second-order valence-electron chi connectivity index (χ2n) is 5.81. The number of anilines is 1. The molecule has 1 unspecified atom stereocenters. The summed E-state index contributed by atoms with van der Waals surface area (Å²) in [5.74, 6) is -2.68. The van der Waals surface area contributed by atoms with Crippen LogP contribution in [0.25, 0.3) is 0 Å². The number of ether oxygens (including phenoxy) is 2. The highest BCUT2D eigenvalue weighted by molar-refractivity contribution is 6.32. The van der Waals surface area contributed by atoms with E-state index in [2.05, 4.69) is 10.6 Å². The van der Waals surface area contributed by atoms with Gasteiger partial charge in [-0.2, -0.15) is 0 Å². The maximum Gasteiger partial charge on any atom is 0.391 e. The molecule has 5 N–H and O–H groups in total. The standard InChI is InChI=1S/C19H19ClN4O5/c1-28-14-8-2-11(3-9-14)10-15(16(21)29-17(22)18(25)26)24-19(27)23-13-6-4-12(20)5-7-13/h2-9,15,21-22H,10H2,1H3,(H,25,26)(H2,23,24,27). The summed E-state index contributed by atoms with van der Waals surface area (Å²) in [5, 5.41) is 29.7. The Kier molecular flexibility index (Phi) is 7.55. The molecule has 9 nitrogen and oxygen atoms in total. The van der Waals surface area contributed by atoms with Crippen LogP contribution in [-0.4, -0.2) is 42.1 Å². The molecule has 10 heteroatoms. The second kappa shape index (κ2) is 10.1. The number of carbonyl (C=O) groups is 2. The third-order valence-electron chi connectivity index (χ3n) is 3.73. The Morgan fingerprint density at radius 1 is 1.10 bits per heavy atom. The lowest BCUT2D eigenvalue weighted by Crippen LogP contribution is -2.46. The molecular weight excluding hydrogens is 400 g/mol. The average molecular weight is 419 g/mol. The van der Waals surface area contributed by atoms with E-state index in [1.165, 1.54) is 7.11 Å². The summed E-state index contributed by atoms with van der Waals surface area (Å²) in [5.41, 5.74) is 1.21. The highest BCUT2D eigenvalue weighted by atomic mass is 35.5. The number of carboxylic acid groups (broad SMARTS) is 1. The summed E-state index contributed by atoms with van der Waals surface area (Å²) in [6.45, 7) is 0. The number of carbonyl (C=O) groups excluding carboxylic acids is 1. The summed E-state index contributed by atoms with van der Waals surface area (Å²) in [7, 11) is 1.53. The van der Waals surface area contributed by atoms with Gasteiger partial charge in [0.2, 0.25) is 5.90 Å². The quantitative estimate of drug-likeness (QED) is 0.361. The van der Waals surface area contributed by atoms with E-state index in [1.54, 1.807) is 48.5 Å². The molecule has 0 fully saturated rings. The highest BCUT2D eigenvalue weighted by Crippen LogP contribution is 2.15. The van der Waals surface area contributed by atoms with Gasteiger partial charge in [0.1, 0.15) is 11.8 Å². The SMILES string of the molecule is COc1ccc(CC(NC(=O)Nc2ccc(Cl)cc2)C(=N)OC(=N)C(=O)O)cc1. The van der Waals surface area contributed by atoms with E-state index in [4.69, 9.17) is 37.0 Å². The lowest BCUT2D eigenvalue weighted by atomic mass is 10.1. The summed E-state index contributed by atoms with van der Waals surface area (Å²) in [6, 6.07) is 11.6. The number of amides is 2. The van der Waals surface area contributed by atoms with Gasteiger partial charge in [0.05, 0.1) is 7.11 Å². The molecule has 0 heterocycles. The van der Waals surface area contributed by atoms with E-state index >= 15 is 0 Å². The first-order chi connectivity index (χ1) is 13.8. The van der Waals surface area contributed by atoms with Gasteiger partial charge >= 0.3 is 17.9 Å². The van der Waals surface area contributed by atoms with Crippen LogP contribution in [0.5, 0.6) is 5.75 Å². The van der Waals surface area contributed by atoms with Crippen LogP contribution in [0.4, 0.5) is 10.5 Å². The van der Waals surface area contributed by atoms with Gasteiger partial charge in [-0.3, -0.25) is 10.8 Å². The fourth-order valence-electron chi connectivity index (χ4n) is 2.29. The first-order valence-corrected chi connectivity index (χ1v) is 8.70. The van der Waals surface area contributed by atoms with Gasteiger partial charge in [-0.25, -0.2) is 9.59 Å². The molecule has 1 atom stereocenters. The number of hydrogen-bond acceptors (Lipinski definition) is 6. The number of nitrogens with one attached hydrogen (secondary N) is 4. The van der Waals surface area contributed by atoms with Crippen molar-refractivity contribution in [1.82, 2.24) is 5.32 Å². The van der Waals surface area contributed by atoms with E-state index in [1.807, 2.05) is 0 Å². The summed E-state index contributed by atoms with van der Waals surface area (Å²) >= 11 is 5.81. The lowest BCUT2D eigenvalue weighted by molar-refractivity contribution is -0.130. The van der Waals surface area contributed by atoms with Crippen LogP contribution in [0.15, 0.2) is 48.5 Å². The summed E-state index contributed by atoms with van der Waals surface area (Å²) in [4.78, 5) is 23.1. The van der Waals surface area contributed by atoms with E-state index < -0.39 is 29.8 Å². The number of halogens is 1. The lowest BCUT2D eigenvalue weighted by Gasteiger charge is -2.20. The zero-order valence-corrected chi connectivity index (χ0v) is 16.1. The summed E-state index contributed by atoms with van der Waals surface area (Å²) in [6.07, 6.45) is 0.129. The molecular formula is C19H19ClN4O5. The molecule has 0 aliphatic rings. The molecule has 0 aliphatic carbocycles. The van der Waals surface area contributed by atoms with Crippen molar-refractivity contribution < 1.29 is 24.2 Å². The van der Waals surface area contributed by atoms with Crippen molar-refractivity contribution in [2.75, 3.05) is 12.4 Å². The maximum absolute atomic E-state index is 12.3. The number of urea groups is 1. The van der Waals surface area contributed by atoms with E-state index in [0.717, 1.165) is 5.56 Å². The molecule has 152 valence electrons. The smallest absolute Gasteiger partial charge is 0.391 e. The molecule has 2 rings (SSSR count). The molecule has 0 spiro atoms. The Labute approximate surface area is 171 Å². The van der Waals surface area contributed by atoms with Crippen molar-refractivity contribution in [1.29, 1.82) is 10.8 Å². The largest absolute Gasteiger partial charge is 0.497 e. The Balaban J connectivity index is 2.12. The molecule has 0 radical (unpaired) electrons. The van der Waals surface area contributed by atoms with Gasteiger partial charge in [-0.15, -0.1) is 0 Å². The second-order valence-corrected chi connectivity index (χ2v) is 6.25. The first kappa shape index (κ1) is 21.7. The first-order valence-electron chi connectivity index (χ1n) is 8.32. The zero-order chi connectivity index (χ0) is 21.4. The number of rotatable bonds is 6.